The van der Waals surface area contributed by atoms with Gasteiger partial charge in [-0.15, -0.1) is 0 Å². The molecular formula is C52H41BrN2O. The van der Waals surface area contributed by atoms with E-state index in [9.17, 15) is 0 Å². The van der Waals surface area contributed by atoms with Crippen LogP contribution in [0.25, 0.3) is 55.3 Å². The van der Waals surface area contributed by atoms with E-state index in [1.165, 1.54) is 27.8 Å². The minimum absolute atomic E-state index is 0.110. The van der Waals surface area contributed by atoms with E-state index in [0.29, 0.717) is 0 Å². The van der Waals surface area contributed by atoms with Crippen LogP contribution in [0.5, 0.6) is 0 Å². The molecule has 0 aliphatic heterocycles. The standard InChI is InChI=1S/C52H41BrN2O/c1-52(2,3)40-33-47(54-41-27-21-39(22-28-41)44-18-12-19-46-45-17-10-11-20-49(45)56-51(44)46)50(53)48(34-40)55(42-29-23-37(24-30-42)35-13-6-4-7-14-35)43-31-25-38(26-32-43)36-15-8-5-9-16-36/h4-34,54H,1-3H3. The SMILES string of the molecule is CC(C)(C)c1cc(Nc2ccc(-c3cccc4c3oc3ccccc34)cc2)c(Br)c(N(c2ccc(-c3ccccc3)cc2)c2ccc(-c3ccccc3)cc2)c1. The first-order valence-corrected chi connectivity index (χ1v) is 19.8. The topological polar surface area (TPSA) is 28.4 Å². The third-order valence-corrected chi connectivity index (χ3v) is 11.3. The number of hydrogen-bond acceptors (Lipinski definition) is 3. The molecule has 0 bridgehead atoms. The Kier molecular flexibility index (Phi) is 9.28. The summed E-state index contributed by atoms with van der Waals surface area (Å²) in [6, 6.07) is 66.6. The molecule has 0 unspecified atom stereocenters. The van der Waals surface area contributed by atoms with Crippen LogP contribution < -0.4 is 10.2 Å². The van der Waals surface area contributed by atoms with Crippen molar-refractivity contribution in [2.24, 2.45) is 0 Å². The van der Waals surface area contributed by atoms with Crippen LogP contribution in [0.15, 0.2) is 197 Å². The van der Waals surface area contributed by atoms with Crippen LogP contribution in [0.4, 0.5) is 28.4 Å². The van der Waals surface area contributed by atoms with Gasteiger partial charge in [0, 0.05) is 33.4 Å². The Labute approximate surface area is 337 Å². The summed E-state index contributed by atoms with van der Waals surface area (Å²) < 4.78 is 7.34. The zero-order chi connectivity index (χ0) is 38.2. The Morgan fingerprint density at radius 3 is 1.61 bits per heavy atom. The molecule has 0 saturated carbocycles. The minimum atomic E-state index is -0.110. The molecule has 1 heterocycles. The first kappa shape index (κ1) is 35.3. The molecule has 4 heteroatoms. The minimum Gasteiger partial charge on any atom is -0.455 e. The largest absolute Gasteiger partial charge is 0.455 e. The number of furan rings is 1. The van der Waals surface area contributed by atoms with E-state index in [0.717, 1.165) is 66.0 Å². The van der Waals surface area contributed by atoms with Crippen LogP contribution in [0.2, 0.25) is 0 Å². The van der Waals surface area contributed by atoms with Gasteiger partial charge in [0.25, 0.3) is 0 Å². The van der Waals surface area contributed by atoms with Crippen molar-refractivity contribution in [2.45, 2.75) is 26.2 Å². The molecule has 0 amide bonds. The molecule has 0 saturated heterocycles. The maximum atomic E-state index is 6.36. The summed E-state index contributed by atoms with van der Waals surface area (Å²) in [6.07, 6.45) is 0. The lowest BCUT2D eigenvalue weighted by Crippen LogP contribution is -2.16. The van der Waals surface area contributed by atoms with Crippen molar-refractivity contribution in [3.05, 3.63) is 198 Å². The number of benzene rings is 8. The highest BCUT2D eigenvalue weighted by molar-refractivity contribution is 9.10. The van der Waals surface area contributed by atoms with Crippen molar-refractivity contribution in [2.75, 3.05) is 10.2 Å². The second-order valence-corrected chi connectivity index (χ2v) is 16.0. The molecule has 8 aromatic carbocycles. The van der Waals surface area contributed by atoms with Crippen molar-refractivity contribution in [3.63, 3.8) is 0 Å². The van der Waals surface area contributed by atoms with Gasteiger partial charge in [-0.2, -0.15) is 0 Å². The Morgan fingerprint density at radius 2 is 1.02 bits per heavy atom. The highest BCUT2D eigenvalue weighted by Crippen LogP contribution is 2.46. The van der Waals surface area contributed by atoms with Crippen LogP contribution in [-0.2, 0) is 5.41 Å². The molecule has 0 aliphatic carbocycles. The summed E-state index contributed by atoms with van der Waals surface area (Å²) in [4.78, 5) is 2.35. The number of fused-ring (bicyclic) bond motifs is 3. The smallest absolute Gasteiger partial charge is 0.143 e. The molecule has 0 fully saturated rings. The van der Waals surface area contributed by atoms with Gasteiger partial charge in [-0.1, -0.05) is 154 Å². The van der Waals surface area contributed by atoms with Crippen LogP contribution in [0, 0.1) is 0 Å². The summed E-state index contributed by atoms with van der Waals surface area (Å²) in [5.74, 6) is 0. The van der Waals surface area contributed by atoms with E-state index in [1.807, 2.05) is 12.1 Å². The predicted molar refractivity (Wildman–Crippen MR) is 241 cm³/mol. The molecule has 9 rings (SSSR count). The lowest BCUT2D eigenvalue weighted by atomic mass is 9.86. The Balaban J connectivity index is 1.12. The van der Waals surface area contributed by atoms with Gasteiger partial charge < -0.3 is 14.6 Å². The van der Waals surface area contributed by atoms with E-state index in [-0.39, 0.29) is 5.41 Å². The average molecular weight is 790 g/mol. The molecule has 3 nitrogen and oxygen atoms in total. The Bertz CT molecular complexity index is 2700. The van der Waals surface area contributed by atoms with Gasteiger partial charge in [0.05, 0.1) is 15.8 Å². The monoisotopic (exact) mass is 788 g/mol. The highest BCUT2D eigenvalue weighted by Gasteiger charge is 2.24. The fourth-order valence-corrected chi connectivity index (χ4v) is 7.96. The number of nitrogens with zero attached hydrogens (tertiary/aromatic N) is 1. The van der Waals surface area contributed by atoms with Crippen molar-refractivity contribution in [1.82, 2.24) is 0 Å². The molecule has 1 N–H and O–H groups in total. The first-order valence-electron chi connectivity index (χ1n) is 19.0. The molecular weight excluding hydrogens is 748 g/mol. The van der Waals surface area contributed by atoms with E-state index >= 15 is 0 Å². The molecule has 0 spiro atoms. The number of para-hydroxylation sites is 2. The molecule has 56 heavy (non-hydrogen) atoms. The molecule has 9 aromatic rings. The first-order chi connectivity index (χ1) is 27.3. The van der Waals surface area contributed by atoms with Crippen LogP contribution >= 0.6 is 15.9 Å². The summed E-state index contributed by atoms with van der Waals surface area (Å²) in [7, 11) is 0. The number of hydrogen-bond donors (Lipinski definition) is 1. The van der Waals surface area contributed by atoms with Crippen molar-refractivity contribution in [3.8, 4) is 33.4 Å². The van der Waals surface area contributed by atoms with Crippen LogP contribution in [0.1, 0.15) is 26.3 Å². The lowest BCUT2D eigenvalue weighted by Gasteiger charge is -2.30. The normalized spacial score (nSPS) is 11.6. The van der Waals surface area contributed by atoms with Gasteiger partial charge in [0.1, 0.15) is 11.2 Å². The summed E-state index contributed by atoms with van der Waals surface area (Å²) in [5.41, 5.74) is 15.0. The Morgan fingerprint density at radius 1 is 0.500 bits per heavy atom. The number of nitrogens with one attached hydrogen (secondary N) is 1. The predicted octanol–water partition coefficient (Wildman–Crippen LogP) is 15.9. The molecule has 272 valence electrons. The third kappa shape index (κ3) is 6.89. The molecule has 0 radical (unpaired) electrons. The summed E-state index contributed by atoms with van der Waals surface area (Å²) in [6.45, 7) is 6.81. The maximum absolute atomic E-state index is 6.36. The number of halogens is 1. The van der Waals surface area contributed by atoms with E-state index < -0.39 is 0 Å². The zero-order valence-electron chi connectivity index (χ0n) is 31.6. The fourth-order valence-electron chi connectivity index (χ4n) is 7.45. The molecule has 1 aromatic heterocycles. The van der Waals surface area contributed by atoms with Gasteiger partial charge in [-0.25, -0.2) is 0 Å². The third-order valence-electron chi connectivity index (χ3n) is 10.5. The second-order valence-electron chi connectivity index (χ2n) is 15.3. The van der Waals surface area contributed by atoms with Gasteiger partial charge in [-0.3, -0.25) is 0 Å². The molecule has 0 atom stereocenters. The lowest BCUT2D eigenvalue weighted by molar-refractivity contribution is 0.590. The quantitative estimate of drug-likeness (QED) is 0.166. The maximum Gasteiger partial charge on any atom is 0.143 e. The molecule has 0 aliphatic rings. The number of anilines is 5. The summed E-state index contributed by atoms with van der Waals surface area (Å²) in [5, 5.41) is 6.05. The van der Waals surface area contributed by atoms with Crippen molar-refractivity contribution in [1.29, 1.82) is 0 Å². The average Bonchev–Trinajstić information content (AvgIpc) is 3.62. The van der Waals surface area contributed by atoms with E-state index in [1.54, 1.807) is 0 Å². The van der Waals surface area contributed by atoms with E-state index in [2.05, 4.69) is 223 Å². The van der Waals surface area contributed by atoms with Gasteiger partial charge in [0.2, 0.25) is 0 Å². The van der Waals surface area contributed by atoms with Crippen molar-refractivity contribution < 1.29 is 4.42 Å². The second kappa shape index (κ2) is 14.7. The van der Waals surface area contributed by atoms with Gasteiger partial charge in [0.15, 0.2) is 0 Å². The highest BCUT2D eigenvalue weighted by atomic mass is 79.9. The summed E-state index contributed by atoms with van der Waals surface area (Å²) >= 11 is 4.12. The number of rotatable bonds is 8. The van der Waals surface area contributed by atoms with Crippen LogP contribution in [-0.4, -0.2) is 0 Å². The fraction of sp³-hybridized carbons (Fsp3) is 0.0769. The van der Waals surface area contributed by atoms with Gasteiger partial charge >= 0.3 is 0 Å². The van der Waals surface area contributed by atoms with Gasteiger partial charge in [-0.05, 0) is 109 Å². The Hall–Kier alpha value is -6.36. The van der Waals surface area contributed by atoms with Crippen LogP contribution in [0.3, 0.4) is 0 Å². The van der Waals surface area contributed by atoms with Crippen molar-refractivity contribution >= 4 is 66.3 Å². The zero-order valence-corrected chi connectivity index (χ0v) is 33.2. The van der Waals surface area contributed by atoms with E-state index in [4.69, 9.17) is 4.42 Å².